The molecular formula is C19H25N3O5. The van der Waals surface area contributed by atoms with Crippen molar-refractivity contribution in [3.63, 3.8) is 0 Å². The molecule has 0 unspecified atom stereocenters. The number of aromatic nitrogens is 2. The molecule has 2 heterocycles. The minimum Gasteiger partial charge on any atom is -0.480 e. The number of carboxylic acids is 1. The van der Waals surface area contributed by atoms with Crippen LogP contribution in [0, 0.1) is 0 Å². The number of rotatable bonds is 3. The number of carbonyl (C=O) groups is 2. The molecule has 1 amide bonds. The van der Waals surface area contributed by atoms with Gasteiger partial charge in [-0.1, -0.05) is 12.1 Å². The van der Waals surface area contributed by atoms with Crippen LogP contribution in [0.15, 0.2) is 29.1 Å². The predicted octanol–water partition coefficient (Wildman–Crippen LogP) is 2.46. The summed E-state index contributed by atoms with van der Waals surface area (Å²) in [5, 5.41) is 9.13. The van der Waals surface area contributed by atoms with Crippen LogP contribution in [0.2, 0.25) is 0 Å². The van der Waals surface area contributed by atoms with Crippen molar-refractivity contribution in [2.24, 2.45) is 0 Å². The molecule has 8 heteroatoms. The minimum absolute atomic E-state index is 0.0869. The van der Waals surface area contributed by atoms with Crippen molar-refractivity contribution in [2.45, 2.75) is 51.8 Å². The zero-order chi connectivity index (χ0) is 19.8. The molecule has 1 aliphatic rings. The summed E-state index contributed by atoms with van der Waals surface area (Å²) in [5.41, 5.74) is 0.461. The Kier molecular flexibility index (Phi) is 4.99. The highest BCUT2D eigenvalue weighted by Crippen LogP contribution is 2.26. The summed E-state index contributed by atoms with van der Waals surface area (Å²) in [4.78, 5) is 37.9. The van der Waals surface area contributed by atoms with E-state index in [1.165, 1.54) is 4.57 Å². The summed E-state index contributed by atoms with van der Waals surface area (Å²) in [6.07, 6.45) is 0.877. The van der Waals surface area contributed by atoms with Crippen molar-refractivity contribution in [1.29, 1.82) is 0 Å². The Morgan fingerprint density at radius 3 is 2.30 bits per heavy atom. The van der Waals surface area contributed by atoms with Crippen molar-refractivity contribution >= 4 is 23.1 Å². The molecular weight excluding hydrogens is 350 g/mol. The Balaban J connectivity index is 1.84. The van der Waals surface area contributed by atoms with Gasteiger partial charge in [0, 0.05) is 19.1 Å². The Morgan fingerprint density at radius 2 is 1.74 bits per heavy atom. The lowest BCUT2D eigenvalue weighted by Gasteiger charge is -2.33. The Hall–Kier alpha value is -2.77. The summed E-state index contributed by atoms with van der Waals surface area (Å²) in [6, 6.07) is 7.12. The van der Waals surface area contributed by atoms with Gasteiger partial charge in [-0.3, -0.25) is 13.9 Å². The SMILES string of the molecule is CC(C)(C)OC(=O)N1CCC(n2c(=O)n(CC(=O)O)c3ccccc32)CC1. The van der Waals surface area contributed by atoms with Gasteiger partial charge < -0.3 is 14.7 Å². The molecule has 0 radical (unpaired) electrons. The first kappa shape index (κ1) is 19.0. The second kappa shape index (κ2) is 7.09. The van der Waals surface area contributed by atoms with Crippen LogP contribution in [-0.4, -0.2) is 49.9 Å². The average molecular weight is 375 g/mol. The van der Waals surface area contributed by atoms with Crippen molar-refractivity contribution in [3.05, 3.63) is 34.7 Å². The Labute approximate surface area is 156 Å². The van der Waals surface area contributed by atoms with E-state index in [2.05, 4.69) is 0 Å². The highest BCUT2D eigenvalue weighted by molar-refractivity contribution is 5.78. The van der Waals surface area contributed by atoms with Crippen molar-refractivity contribution in [2.75, 3.05) is 13.1 Å². The first-order valence-corrected chi connectivity index (χ1v) is 9.07. The molecule has 1 N–H and O–H groups in total. The third-order valence-electron chi connectivity index (χ3n) is 4.64. The number of fused-ring (bicyclic) bond motifs is 1. The van der Waals surface area contributed by atoms with Crippen LogP contribution in [0.3, 0.4) is 0 Å². The van der Waals surface area contributed by atoms with Crippen LogP contribution in [0.1, 0.15) is 39.7 Å². The van der Waals surface area contributed by atoms with E-state index in [4.69, 9.17) is 9.84 Å². The zero-order valence-electron chi connectivity index (χ0n) is 15.8. The number of carbonyl (C=O) groups excluding carboxylic acids is 1. The molecule has 0 aliphatic carbocycles. The fourth-order valence-corrected chi connectivity index (χ4v) is 3.51. The molecule has 1 saturated heterocycles. The van der Waals surface area contributed by atoms with Gasteiger partial charge in [-0.25, -0.2) is 9.59 Å². The molecule has 1 aromatic heterocycles. The number of likely N-dealkylation sites (tertiary alicyclic amines) is 1. The number of aliphatic carboxylic acids is 1. The number of nitrogens with zero attached hydrogens (tertiary/aromatic N) is 3. The van der Waals surface area contributed by atoms with Crippen LogP contribution in [0.5, 0.6) is 0 Å². The third kappa shape index (κ3) is 3.99. The zero-order valence-corrected chi connectivity index (χ0v) is 15.8. The Morgan fingerprint density at radius 1 is 1.15 bits per heavy atom. The maximum absolute atomic E-state index is 12.9. The fourth-order valence-electron chi connectivity index (χ4n) is 3.51. The van der Waals surface area contributed by atoms with E-state index < -0.39 is 11.6 Å². The molecule has 1 fully saturated rings. The Bertz CT molecular complexity index is 914. The maximum atomic E-state index is 12.9. The van der Waals surface area contributed by atoms with Gasteiger partial charge >= 0.3 is 17.8 Å². The number of para-hydroxylation sites is 2. The molecule has 8 nitrogen and oxygen atoms in total. The number of hydrogen-bond donors (Lipinski definition) is 1. The number of hydrogen-bond acceptors (Lipinski definition) is 4. The van der Waals surface area contributed by atoms with E-state index in [-0.39, 0.29) is 24.4 Å². The van der Waals surface area contributed by atoms with E-state index in [9.17, 15) is 14.4 Å². The second-order valence-corrected chi connectivity index (χ2v) is 7.82. The highest BCUT2D eigenvalue weighted by Gasteiger charge is 2.29. The number of amides is 1. The van der Waals surface area contributed by atoms with Crippen LogP contribution in [0.25, 0.3) is 11.0 Å². The van der Waals surface area contributed by atoms with Crippen LogP contribution in [-0.2, 0) is 16.1 Å². The summed E-state index contributed by atoms with van der Waals surface area (Å²) < 4.78 is 8.37. The van der Waals surface area contributed by atoms with Gasteiger partial charge in [-0.15, -0.1) is 0 Å². The van der Waals surface area contributed by atoms with Gasteiger partial charge in [0.2, 0.25) is 0 Å². The molecule has 2 aromatic rings. The quantitative estimate of drug-likeness (QED) is 0.889. The van der Waals surface area contributed by atoms with Crippen molar-refractivity contribution in [3.8, 4) is 0 Å². The molecule has 146 valence electrons. The van der Waals surface area contributed by atoms with Gasteiger partial charge in [0.15, 0.2) is 0 Å². The molecule has 3 rings (SSSR count). The lowest BCUT2D eigenvalue weighted by atomic mass is 10.0. The first-order valence-electron chi connectivity index (χ1n) is 9.07. The predicted molar refractivity (Wildman–Crippen MR) is 99.9 cm³/mol. The van der Waals surface area contributed by atoms with Crippen molar-refractivity contribution < 1.29 is 19.4 Å². The van der Waals surface area contributed by atoms with Gasteiger partial charge in [0.25, 0.3) is 0 Å². The average Bonchev–Trinajstić information content (AvgIpc) is 2.85. The lowest BCUT2D eigenvalue weighted by Crippen LogP contribution is -2.43. The molecule has 0 atom stereocenters. The van der Waals surface area contributed by atoms with E-state index in [1.54, 1.807) is 21.6 Å². The van der Waals surface area contributed by atoms with E-state index in [0.717, 1.165) is 5.52 Å². The molecule has 0 spiro atoms. The monoisotopic (exact) mass is 375 g/mol. The molecule has 27 heavy (non-hydrogen) atoms. The maximum Gasteiger partial charge on any atom is 0.410 e. The van der Waals surface area contributed by atoms with E-state index in [0.29, 0.717) is 31.4 Å². The summed E-state index contributed by atoms with van der Waals surface area (Å²) in [6.45, 7) is 6.09. The topological polar surface area (TPSA) is 93.8 Å². The number of ether oxygens (including phenoxy) is 1. The van der Waals surface area contributed by atoms with Crippen molar-refractivity contribution in [1.82, 2.24) is 14.0 Å². The first-order chi connectivity index (χ1) is 12.7. The summed E-state index contributed by atoms with van der Waals surface area (Å²) in [7, 11) is 0. The summed E-state index contributed by atoms with van der Waals surface area (Å²) in [5.74, 6) is -1.06. The smallest absolute Gasteiger partial charge is 0.410 e. The number of benzene rings is 1. The van der Waals surface area contributed by atoms with Gasteiger partial charge in [0.1, 0.15) is 12.1 Å². The molecule has 1 aliphatic heterocycles. The van der Waals surface area contributed by atoms with Crippen LogP contribution >= 0.6 is 0 Å². The fraction of sp³-hybridized carbons (Fsp3) is 0.526. The number of carboxylic acid groups (broad SMARTS) is 1. The number of piperidine rings is 1. The highest BCUT2D eigenvalue weighted by atomic mass is 16.6. The lowest BCUT2D eigenvalue weighted by molar-refractivity contribution is -0.137. The second-order valence-electron chi connectivity index (χ2n) is 7.82. The van der Waals surface area contributed by atoms with Gasteiger partial charge in [0.05, 0.1) is 11.0 Å². The van der Waals surface area contributed by atoms with Gasteiger partial charge in [-0.05, 0) is 45.7 Å². The molecule has 0 saturated carbocycles. The third-order valence-corrected chi connectivity index (χ3v) is 4.64. The number of imidazole rings is 1. The molecule has 1 aromatic carbocycles. The normalized spacial score (nSPS) is 15.9. The van der Waals surface area contributed by atoms with Crippen LogP contribution < -0.4 is 5.69 Å². The van der Waals surface area contributed by atoms with Gasteiger partial charge in [-0.2, -0.15) is 0 Å². The largest absolute Gasteiger partial charge is 0.480 e. The van der Waals surface area contributed by atoms with E-state index in [1.807, 2.05) is 32.9 Å². The van der Waals surface area contributed by atoms with Crippen LogP contribution in [0.4, 0.5) is 4.79 Å². The molecule has 0 bridgehead atoms. The minimum atomic E-state index is -1.06. The summed E-state index contributed by atoms with van der Waals surface area (Å²) >= 11 is 0. The standard InChI is InChI=1S/C19H25N3O5/c1-19(2,3)27-18(26)20-10-8-13(9-11-20)22-15-7-5-4-6-14(15)21(17(22)25)12-16(23)24/h4-7,13H,8-12H2,1-3H3,(H,23,24). The van der Waals surface area contributed by atoms with E-state index >= 15 is 0 Å².